The van der Waals surface area contributed by atoms with E-state index in [-0.39, 0.29) is 5.92 Å². The van der Waals surface area contributed by atoms with E-state index in [0.717, 1.165) is 6.42 Å². The van der Waals surface area contributed by atoms with Crippen molar-refractivity contribution in [2.75, 3.05) is 13.2 Å². The summed E-state index contributed by atoms with van der Waals surface area (Å²) < 4.78 is 5.00. The van der Waals surface area contributed by atoms with Crippen molar-refractivity contribution in [2.45, 2.75) is 32.4 Å². The lowest BCUT2D eigenvalue weighted by atomic mass is 9.92. The highest BCUT2D eigenvalue weighted by atomic mass is 16.5. The van der Waals surface area contributed by atoms with E-state index in [2.05, 4.69) is 13.8 Å². The number of carbonyl (C=O) groups excluding carboxylic acids is 1. The van der Waals surface area contributed by atoms with Gasteiger partial charge in [0.2, 0.25) is 5.91 Å². The van der Waals surface area contributed by atoms with Crippen LogP contribution in [-0.4, -0.2) is 36.1 Å². The molecule has 0 bridgehead atoms. The van der Waals surface area contributed by atoms with E-state index in [0.29, 0.717) is 31.2 Å². The zero-order valence-corrected chi connectivity index (χ0v) is 7.62. The molecule has 68 valence electrons. The minimum Gasteiger partial charge on any atom is -0.380 e. The highest BCUT2D eigenvalue weighted by Crippen LogP contribution is 2.28. The molecule has 0 radical (unpaired) electrons. The fraction of sp³-hybridized carbons (Fsp3) is 0.889. The quantitative estimate of drug-likeness (QED) is 0.576. The molecule has 12 heavy (non-hydrogen) atoms. The van der Waals surface area contributed by atoms with Crippen molar-refractivity contribution in [3.05, 3.63) is 0 Å². The van der Waals surface area contributed by atoms with E-state index in [4.69, 9.17) is 4.74 Å². The molecule has 0 aliphatic carbocycles. The van der Waals surface area contributed by atoms with Crippen LogP contribution in [0.2, 0.25) is 0 Å². The molecule has 2 aliphatic heterocycles. The molecule has 2 rings (SSSR count). The molecule has 3 nitrogen and oxygen atoms in total. The van der Waals surface area contributed by atoms with Crippen LogP contribution in [0.4, 0.5) is 0 Å². The Morgan fingerprint density at radius 1 is 1.33 bits per heavy atom. The molecule has 0 N–H and O–H groups in total. The molecule has 0 spiro atoms. The zero-order valence-electron chi connectivity index (χ0n) is 7.62. The van der Waals surface area contributed by atoms with E-state index in [1.807, 2.05) is 4.90 Å². The molecule has 0 aromatic carbocycles. The predicted octanol–water partition coefficient (Wildman–Crippen LogP) is 0.642. The molecule has 0 aromatic heterocycles. The topological polar surface area (TPSA) is 29.5 Å². The molecule has 2 fully saturated rings. The van der Waals surface area contributed by atoms with Gasteiger partial charge in [0, 0.05) is 12.1 Å². The van der Waals surface area contributed by atoms with Crippen LogP contribution in [0.5, 0.6) is 0 Å². The average molecular weight is 169 g/mol. The van der Waals surface area contributed by atoms with Crippen LogP contribution in [-0.2, 0) is 9.53 Å². The second-order valence-corrected chi connectivity index (χ2v) is 3.91. The molecule has 1 amide bonds. The largest absolute Gasteiger partial charge is 0.380 e. The Labute approximate surface area is 72.7 Å². The smallest absolute Gasteiger partial charge is 0.230 e. The normalized spacial score (nSPS) is 35.7. The molecule has 3 heteroatoms. The van der Waals surface area contributed by atoms with Gasteiger partial charge in [-0.3, -0.25) is 4.79 Å². The number of carbonyl (C=O) groups is 1. The van der Waals surface area contributed by atoms with Crippen molar-refractivity contribution >= 4 is 5.91 Å². The summed E-state index contributed by atoms with van der Waals surface area (Å²) in [4.78, 5) is 13.7. The van der Waals surface area contributed by atoms with Gasteiger partial charge < -0.3 is 9.64 Å². The Kier molecular flexibility index (Phi) is 1.83. The number of ether oxygens (including phenoxy) is 1. The third-order valence-corrected chi connectivity index (χ3v) is 2.87. The summed E-state index contributed by atoms with van der Waals surface area (Å²) in [5.41, 5.74) is 0. The molecule has 0 aromatic rings. The van der Waals surface area contributed by atoms with Crippen molar-refractivity contribution in [1.82, 2.24) is 4.90 Å². The number of hydrogen-bond acceptors (Lipinski definition) is 2. The summed E-state index contributed by atoms with van der Waals surface area (Å²) in [7, 11) is 0. The maximum Gasteiger partial charge on any atom is 0.230 e. The van der Waals surface area contributed by atoms with Crippen molar-refractivity contribution in [2.24, 2.45) is 5.92 Å². The Morgan fingerprint density at radius 3 is 2.25 bits per heavy atom. The Hall–Kier alpha value is -0.570. The number of amides is 1. The lowest BCUT2D eigenvalue weighted by Crippen LogP contribution is -2.59. The minimum absolute atomic E-state index is 0.162. The van der Waals surface area contributed by atoms with Gasteiger partial charge in [0.05, 0.1) is 19.1 Å². The SMILES string of the molecule is CC1CC(C)N1C(=O)C1COC1. The third kappa shape index (κ3) is 1.04. The van der Waals surface area contributed by atoms with Crippen LogP contribution in [0.3, 0.4) is 0 Å². The molecule has 0 saturated carbocycles. The van der Waals surface area contributed by atoms with Crippen LogP contribution in [0.25, 0.3) is 0 Å². The van der Waals surface area contributed by atoms with E-state index in [9.17, 15) is 4.79 Å². The van der Waals surface area contributed by atoms with Gasteiger partial charge in [-0.25, -0.2) is 0 Å². The Morgan fingerprint density at radius 2 is 1.92 bits per heavy atom. The number of rotatable bonds is 1. The van der Waals surface area contributed by atoms with E-state index < -0.39 is 0 Å². The summed E-state index contributed by atoms with van der Waals surface area (Å²) in [6, 6.07) is 0.904. The first kappa shape index (κ1) is 8.05. The van der Waals surface area contributed by atoms with Gasteiger partial charge >= 0.3 is 0 Å². The third-order valence-electron chi connectivity index (χ3n) is 2.87. The first-order chi connectivity index (χ1) is 5.70. The van der Waals surface area contributed by atoms with Crippen molar-refractivity contribution in [3.63, 3.8) is 0 Å². The fourth-order valence-corrected chi connectivity index (χ4v) is 2.04. The standard InChI is InChI=1S/C9H15NO2/c1-6-3-7(2)10(6)9(11)8-4-12-5-8/h6-8H,3-5H2,1-2H3. The molecule has 2 heterocycles. The summed E-state index contributed by atoms with van der Waals surface area (Å²) >= 11 is 0. The average Bonchev–Trinajstić information content (AvgIpc) is 1.81. The van der Waals surface area contributed by atoms with Gasteiger partial charge in [0.15, 0.2) is 0 Å². The number of likely N-dealkylation sites (tertiary alicyclic amines) is 1. The summed E-state index contributed by atoms with van der Waals surface area (Å²) in [5.74, 6) is 0.461. The van der Waals surface area contributed by atoms with Gasteiger partial charge in [0.1, 0.15) is 0 Å². The maximum absolute atomic E-state index is 11.7. The second kappa shape index (κ2) is 2.73. The summed E-state index contributed by atoms with van der Waals surface area (Å²) in [5, 5.41) is 0. The van der Waals surface area contributed by atoms with Crippen molar-refractivity contribution < 1.29 is 9.53 Å². The monoisotopic (exact) mass is 169 g/mol. The minimum atomic E-state index is 0.162. The van der Waals surface area contributed by atoms with Gasteiger partial charge in [-0.15, -0.1) is 0 Å². The van der Waals surface area contributed by atoms with E-state index in [1.54, 1.807) is 0 Å². The fourth-order valence-electron chi connectivity index (χ4n) is 2.04. The lowest BCUT2D eigenvalue weighted by molar-refractivity contribution is -0.161. The molecule has 2 saturated heterocycles. The number of hydrogen-bond donors (Lipinski definition) is 0. The van der Waals surface area contributed by atoms with E-state index >= 15 is 0 Å². The van der Waals surface area contributed by atoms with Crippen molar-refractivity contribution in [3.8, 4) is 0 Å². The van der Waals surface area contributed by atoms with Gasteiger partial charge in [-0.05, 0) is 20.3 Å². The second-order valence-electron chi connectivity index (χ2n) is 3.91. The predicted molar refractivity (Wildman–Crippen MR) is 44.7 cm³/mol. The zero-order chi connectivity index (χ0) is 8.72. The Bertz CT molecular complexity index is 193. The maximum atomic E-state index is 11.7. The summed E-state index contributed by atoms with van der Waals surface area (Å²) in [6.07, 6.45) is 1.15. The van der Waals surface area contributed by atoms with Gasteiger partial charge in [-0.2, -0.15) is 0 Å². The van der Waals surface area contributed by atoms with Gasteiger partial charge in [-0.1, -0.05) is 0 Å². The van der Waals surface area contributed by atoms with Gasteiger partial charge in [0.25, 0.3) is 0 Å². The molecule has 2 aliphatic rings. The summed E-state index contributed by atoms with van der Waals surface area (Å²) in [6.45, 7) is 5.48. The highest BCUT2D eigenvalue weighted by molar-refractivity contribution is 5.81. The molecule has 2 atom stereocenters. The van der Waals surface area contributed by atoms with Crippen LogP contribution >= 0.6 is 0 Å². The first-order valence-corrected chi connectivity index (χ1v) is 4.60. The molecule has 2 unspecified atom stereocenters. The van der Waals surface area contributed by atoms with Crippen LogP contribution in [0.15, 0.2) is 0 Å². The first-order valence-electron chi connectivity index (χ1n) is 4.60. The van der Waals surface area contributed by atoms with Crippen LogP contribution in [0, 0.1) is 5.92 Å². The highest BCUT2D eigenvalue weighted by Gasteiger charge is 2.40. The van der Waals surface area contributed by atoms with Crippen LogP contribution < -0.4 is 0 Å². The van der Waals surface area contributed by atoms with Crippen molar-refractivity contribution in [1.29, 1.82) is 0 Å². The van der Waals surface area contributed by atoms with E-state index in [1.165, 1.54) is 0 Å². The Balaban J connectivity index is 1.94. The molecular formula is C9H15NO2. The number of nitrogens with zero attached hydrogens (tertiary/aromatic N) is 1. The lowest BCUT2D eigenvalue weighted by Gasteiger charge is -2.48. The van der Waals surface area contributed by atoms with Crippen LogP contribution in [0.1, 0.15) is 20.3 Å². The molecular weight excluding hydrogens is 154 g/mol.